The van der Waals surface area contributed by atoms with Gasteiger partial charge in [-0.1, -0.05) is 6.92 Å². The van der Waals surface area contributed by atoms with Crippen LogP contribution in [0.2, 0.25) is 0 Å². The fourth-order valence-corrected chi connectivity index (χ4v) is 4.60. The van der Waals surface area contributed by atoms with Crippen molar-refractivity contribution in [2.24, 2.45) is 17.8 Å². The van der Waals surface area contributed by atoms with Crippen molar-refractivity contribution in [2.45, 2.75) is 25.8 Å². The molecule has 6 heteroatoms. The Kier molecular flexibility index (Phi) is 2.93. The second-order valence-electron chi connectivity index (χ2n) is 5.72. The molecular formula is C11H21N3O2S. The standard InChI is InChI=1S/C11H21N3O2S/c1-8-2-4-14(5-3-8)17(15,16)13-11-9-6-12-7-10(9)11/h8-13H,2-7H2,1H3. The summed E-state index contributed by atoms with van der Waals surface area (Å²) in [6.07, 6.45) is 1.97. The third kappa shape index (κ3) is 2.23. The van der Waals surface area contributed by atoms with Gasteiger partial charge in [0.15, 0.2) is 0 Å². The number of nitrogens with one attached hydrogen (secondary N) is 2. The molecule has 0 radical (unpaired) electrons. The average molecular weight is 259 g/mol. The molecule has 0 bridgehead atoms. The highest BCUT2D eigenvalue weighted by Gasteiger charge is 2.54. The van der Waals surface area contributed by atoms with Crippen molar-refractivity contribution in [1.29, 1.82) is 0 Å². The van der Waals surface area contributed by atoms with Crippen LogP contribution in [0.3, 0.4) is 0 Å². The van der Waals surface area contributed by atoms with Gasteiger partial charge >= 0.3 is 0 Å². The van der Waals surface area contributed by atoms with Crippen LogP contribution >= 0.6 is 0 Å². The Morgan fingerprint density at radius 3 is 2.35 bits per heavy atom. The van der Waals surface area contributed by atoms with Gasteiger partial charge < -0.3 is 5.32 Å². The number of piperidine rings is 2. The number of fused-ring (bicyclic) bond motifs is 1. The minimum Gasteiger partial charge on any atom is -0.316 e. The second-order valence-corrected chi connectivity index (χ2v) is 7.42. The normalized spacial score (nSPS) is 39.2. The van der Waals surface area contributed by atoms with Crippen LogP contribution in [0.25, 0.3) is 0 Å². The van der Waals surface area contributed by atoms with Gasteiger partial charge in [-0.3, -0.25) is 0 Å². The van der Waals surface area contributed by atoms with E-state index in [1.165, 1.54) is 0 Å². The molecule has 2 N–H and O–H groups in total. The minimum absolute atomic E-state index is 0.195. The van der Waals surface area contributed by atoms with E-state index in [2.05, 4.69) is 17.0 Å². The third-order valence-corrected chi connectivity index (χ3v) is 6.07. The fourth-order valence-electron chi connectivity index (χ4n) is 3.06. The predicted octanol–water partition coefficient (Wildman–Crippen LogP) is -0.229. The zero-order valence-electron chi connectivity index (χ0n) is 10.2. The first kappa shape index (κ1) is 11.9. The van der Waals surface area contributed by atoms with Crippen molar-refractivity contribution in [3.8, 4) is 0 Å². The quantitative estimate of drug-likeness (QED) is 0.736. The average Bonchev–Trinajstić information content (AvgIpc) is 2.75. The highest BCUT2D eigenvalue weighted by molar-refractivity contribution is 7.87. The summed E-state index contributed by atoms with van der Waals surface area (Å²) in [5.41, 5.74) is 0. The SMILES string of the molecule is CC1CCN(S(=O)(=O)NC2C3CNCC32)CC1. The first-order chi connectivity index (χ1) is 8.08. The van der Waals surface area contributed by atoms with Gasteiger partial charge in [0.05, 0.1) is 0 Å². The summed E-state index contributed by atoms with van der Waals surface area (Å²) in [5.74, 6) is 1.73. The van der Waals surface area contributed by atoms with E-state index < -0.39 is 10.2 Å². The third-order valence-electron chi connectivity index (χ3n) is 4.46. The van der Waals surface area contributed by atoms with Crippen LogP contribution in [0, 0.1) is 17.8 Å². The van der Waals surface area contributed by atoms with Crippen LogP contribution in [0.15, 0.2) is 0 Å². The van der Waals surface area contributed by atoms with E-state index in [1.807, 2.05) is 0 Å². The second kappa shape index (κ2) is 4.19. The lowest BCUT2D eigenvalue weighted by Crippen LogP contribution is -2.46. The summed E-state index contributed by atoms with van der Waals surface area (Å²) in [5, 5.41) is 3.27. The molecule has 1 saturated carbocycles. The maximum atomic E-state index is 12.2. The molecule has 98 valence electrons. The maximum Gasteiger partial charge on any atom is 0.279 e. The first-order valence-electron chi connectivity index (χ1n) is 6.56. The highest BCUT2D eigenvalue weighted by atomic mass is 32.2. The van der Waals surface area contributed by atoms with E-state index in [-0.39, 0.29) is 6.04 Å². The lowest BCUT2D eigenvalue weighted by atomic mass is 10.0. The van der Waals surface area contributed by atoms with Crippen LogP contribution in [-0.2, 0) is 10.2 Å². The molecule has 1 aliphatic carbocycles. The van der Waals surface area contributed by atoms with Gasteiger partial charge in [-0.15, -0.1) is 0 Å². The van der Waals surface area contributed by atoms with Gasteiger partial charge in [0, 0.05) is 19.1 Å². The van der Waals surface area contributed by atoms with Crippen molar-refractivity contribution in [1.82, 2.24) is 14.3 Å². The van der Waals surface area contributed by atoms with Crippen LogP contribution in [-0.4, -0.2) is 44.9 Å². The minimum atomic E-state index is -3.23. The summed E-state index contributed by atoms with van der Waals surface area (Å²) in [6, 6.07) is 0.195. The molecular weight excluding hydrogens is 238 g/mol. The summed E-state index contributed by atoms with van der Waals surface area (Å²) in [6.45, 7) is 5.48. The van der Waals surface area contributed by atoms with E-state index >= 15 is 0 Å². The van der Waals surface area contributed by atoms with Gasteiger partial charge in [-0.05, 0) is 43.7 Å². The Hall–Kier alpha value is -0.170. The zero-order valence-corrected chi connectivity index (χ0v) is 11.0. The molecule has 3 fully saturated rings. The molecule has 0 aromatic rings. The number of hydrogen-bond acceptors (Lipinski definition) is 3. The Morgan fingerprint density at radius 1 is 1.18 bits per heavy atom. The molecule has 0 aromatic carbocycles. The predicted molar refractivity (Wildman–Crippen MR) is 65.7 cm³/mol. The molecule has 5 nitrogen and oxygen atoms in total. The van der Waals surface area contributed by atoms with Crippen LogP contribution in [0.5, 0.6) is 0 Å². The zero-order chi connectivity index (χ0) is 12.0. The molecule has 3 aliphatic rings. The molecule has 2 aliphatic heterocycles. The van der Waals surface area contributed by atoms with Crippen molar-refractivity contribution in [2.75, 3.05) is 26.2 Å². The van der Waals surface area contributed by atoms with Crippen molar-refractivity contribution < 1.29 is 8.42 Å². The van der Waals surface area contributed by atoms with Gasteiger partial charge in [0.25, 0.3) is 10.2 Å². The van der Waals surface area contributed by atoms with Crippen molar-refractivity contribution >= 4 is 10.2 Å². The molecule has 0 aromatic heterocycles. The van der Waals surface area contributed by atoms with E-state index in [4.69, 9.17) is 0 Å². The largest absolute Gasteiger partial charge is 0.316 e. The van der Waals surface area contributed by atoms with Crippen LogP contribution in [0.1, 0.15) is 19.8 Å². The number of nitrogens with zero attached hydrogens (tertiary/aromatic N) is 1. The molecule has 0 amide bonds. The Bertz CT molecular complexity index is 380. The highest BCUT2D eigenvalue weighted by Crippen LogP contribution is 2.42. The summed E-state index contributed by atoms with van der Waals surface area (Å²) < 4.78 is 28.8. The smallest absolute Gasteiger partial charge is 0.279 e. The molecule has 2 unspecified atom stereocenters. The molecule has 2 atom stereocenters. The molecule has 3 rings (SSSR count). The first-order valence-corrected chi connectivity index (χ1v) is 8.00. The Labute approximate surface area is 103 Å². The van der Waals surface area contributed by atoms with Gasteiger partial charge in [-0.25, -0.2) is 0 Å². The molecule has 17 heavy (non-hydrogen) atoms. The van der Waals surface area contributed by atoms with Crippen molar-refractivity contribution in [3.63, 3.8) is 0 Å². The summed E-state index contributed by atoms with van der Waals surface area (Å²) in [4.78, 5) is 0. The summed E-state index contributed by atoms with van der Waals surface area (Å²) >= 11 is 0. The summed E-state index contributed by atoms with van der Waals surface area (Å²) in [7, 11) is -3.23. The monoisotopic (exact) mass is 259 g/mol. The lowest BCUT2D eigenvalue weighted by Gasteiger charge is -2.29. The Morgan fingerprint density at radius 2 is 1.76 bits per heavy atom. The van der Waals surface area contributed by atoms with E-state index in [0.717, 1.165) is 25.9 Å². The van der Waals surface area contributed by atoms with E-state index in [0.29, 0.717) is 30.8 Å². The van der Waals surface area contributed by atoms with Gasteiger partial charge in [-0.2, -0.15) is 17.4 Å². The topological polar surface area (TPSA) is 61.4 Å². The fraction of sp³-hybridized carbons (Fsp3) is 1.00. The van der Waals surface area contributed by atoms with E-state index in [1.54, 1.807) is 4.31 Å². The molecule has 2 heterocycles. The lowest BCUT2D eigenvalue weighted by molar-refractivity contribution is 0.284. The number of rotatable bonds is 3. The molecule has 2 saturated heterocycles. The number of hydrogen-bond donors (Lipinski definition) is 2. The van der Waals surface area contributed by atoms with Crippen molar-refractivity contribution in [3.05, 3.63) is 0 Å². The Balaban J connectivity index is 1.58. The van der Waals surface area contributed by atoms with Crippen LogP contribution < -0.4 is 10.0 Å². The van der Waals surface area contributed by atoms with Gasteiger partial charge in [0.2, 0.25) is 0 Å². The van der Waals surface area contributed by atoms with Crippen LogP contribution in [0.4, 0.5) is 0 Å². The van der Waals surface area contributed by atoms with E-state index in [9.17, 15) is 8.42 Å². The maximum absolute atomic E-state index is 12.2. The molecule has 0 spiro atoms. The van der Waals surface area contributed by atoms with Gasteiger partial charge in [0.1, 0.15) is 0 Å².